The normalized spacial score (nSPS) is 14.6. The van der Waals surface area contributed by atoms with Crippen molar-refractivity contribution in [2.45, 2.75) is 39.8 Å². The van der Waals surface area contributed by atoms with Crippen molar-refractivity contribution < 1.29 is 9.84 Å². The molecule has 0 aliphatic carbocycles. The zero-order chi connectivity index (χ0) is 13.7. The minimum absolute atomic E-state index is 0.0720. The first-order valence-corrected chi connectivity index (χ1v) is 6.57. The Bertz CT molecular complexity index is 377. The van der Waals surface area contributed by atoms with Gasteiger partial charge in [0.1, 0.15) is 5.75 Å². The van der Waals surface area contributed by atoms with Crippen LogP contribution in [0.5, 0.6) is 5.75 Å². The minimum atomic E-state index is -0.491. The van der Waals surface area contributed by atoms with E-state index in [-0.39, 0.29) is 6.04 Å². The molecular formula is C15H25NO2. The van der Waals surface area contributed by atoms with Gasteiger partial charge in [0.2, 0.25) is 0 Å². The molecule has 0 heterocycles. The van der Waals surface area contributed by atoms with Gasteiger partial charge < -0.3 is 15.2 Å². The molecule has 3 nitrogen and oxygen atoms in total. The van der Waals surface area contributed by atoms with Crippen LogP contribution in [-0.2, 0) is 0 Å². The van der Waals surface area contributed by atoms with E-state index in [1.807, 2.05) is 25.1 Å². The molecule has 3 heteroatoms. The summed E-state index contributed by atoms with van der Waals surface area (Å²) in [5.74, 6) is 1.23. The fraction of sp³-hybridized carbons (Fsp3) is 0.600. The van der Waals surface area contributed by atoms with Gasteiger partial charge in [-0.15, -0.1) is 0 Å². The summed E-state index contributed by atoms with van der Waals surface area (Å²) in [4.78, 5) is 0. The van der Waals surface area contributed by atoms with Crippen LogP contribution in [0.1, 0.15) is 38.0 Å². The van der Waals surface area contributed by atoms with Gasteiger partial charge in [0.25, 0.3) is 0 Å². The second-order valence-electron chi connectivity index (χ2n) is 5.00. The molecule has 0 aliphatic heterocycles. The van der Waals surface area contributed by atoms with Gasteiger partial charge in [0.05, 0.1) is 13.2 Å². The zero-order valence-corrected chi connectivity index (χ0v) is 12.0. The molecule has 2 N–H and O–H groups in total. The second kappa shape index (κ2) is 6.76. The smallest absolute Gasteiger partial charge is 0.121 e. The highest BCUT2D eigenvalue weighted by Gasteiger charge is 2.23. The van der Waals surface area contributed by atoms with Gasteiger partial charge in [0, 0.05) is 6.04 Å². The molecular weight excluding hydrogens is 226 g/mol. The van der Waals surface area contributed by atoms with Gasteiger partial charge in [-0.05, 0) is 42.6 Å². The van der Waals surface area contributed by atoms with Crippen molar-refractivity contribution >= 4 is 0 Å². The van der Waals surface area contributed by atoms with E-state index < -0.39 is 6.10 Å². The summed E-state index contributed by atoms with van der Waals surface area (Å²) < 4.78 is 5.24. The molecule has 1 rings (SSSR count). The quantitative estimate of drug-likeness (QED) is 0.816. The number of rotatable bonds is 6. The van der Waals surface area contributed by atoms with Gasteiger partial charge >= 0.3 is 0 Å². The Morgan fingerprint density at radius 2 is 2.00 bits per heavy atom. The molecule has 2 unspecified atom stereocenters. The van der Waals surface area contributed by atoms with Crippen molar-refractivity contribution in [2.24, 2.45) is 5.92 Å². The third kappa shape index (κ3) is 3.47. The number of aliphatic hydroxyl groups excluding tert-OH is 1. The molecule has 0 fully saturated rings. The molecule has 0 aliphatic rings. The highest BCUT2D eigenvalue weighted by Crippen LogP contribution is 2.26. The number of nitrogens with one attached hydrogen (secondary N) is 1. The lowest BCUT2D eigenvalue weighted by Gasteiger charge is -2.27. The van der Waals surface area contributed by atoms with Crippen molar-refractivity contribution in [1.29, 1.82) is 0 Å². The summed E-state index contributed by atoms with van der Waals surface area (Å²) in [7, 11) is 1.66. The third-order valence-corrected chi connectivity index (χ3v) is 3.26. The van der Waals surface area contributed by atoms with Crippen molar-refractivity contribution in [2.75, 3.05) is 13.7 Å². The number of methoxy groups -OCH3 is 1. The lowest BCUT2D eigenvalue weighted by molar-refractivity contribution is 0.106. The van der Waals surface area contributed by atoms with Crippen LogP contribution in [0.25, 0.3) is 0 Å². The summed E-state index contributed by atoms with van der Waals surface area (Å²) in [6.45, 7) is 9.14. The molecule has 0 radical (unpaired) electrons. The van der Waals surface area contributed by atoms with Crippen molar-refractivity contribution in [1.82, 2.24) is 5.32 Å². The summed E-state index contributed by atoms with van der Waals surface area (Å²) in [5.41, 5.74) is 1.99. The Morgan fingerprint density at radius 1 is 1.33 bits per heavy atom. The predicted molar refractivity (Wildman–Crippen MR) is 75.0 cm³/mol. The Morgan fingerprint density at radius 3 is 2.44 bits per heavy atom. The predicted octanol–water partition coefficient (Wildman–Crippen LogP) is 2.67. The molecule has 0 saturated carbocycles. The Hall–Kier alpha value is -1.06. The fourth-order valence-corrected chi connectivity index (χ4v) is 2.24. The monoisotopic (exact) mass is 251 g/mol. The number of aryl methyl sites for hydroxylation is 1. The van der Waals surface area contributed by atoms with E-state index in [1.54, 1.807) is 7.11 Å². The van der Waals surface area contributed by atoms with Gasteiger partial charge in [-0.1, -0.05) is 26.8 Å². The summed E-state index contributed by atoms with van der Waals surface area (Å²) in [6, 6.07) is 5.92. The molecule has 0 aromatic heterocycles. The van der Waals surface area contributed by atoms with Crippen LogP contribution < -0.4 is 10.1 Å². The van der Waals surface area contributed by atoms with Crippen molar-refractivity contribution in [3.63, 3.8) is 0 Å². The molecule has 2 atom stereocenters. The molecule has 18 heavy (non-hydrogen) atoms. The number of hydrogen-bond donors (Lipinski definition) is 2. The Kier molecular flexibility index (Phi) is 5.63. The maximum absolute atomic E-state index is 10.5. The van der Waals surface area contributed by atoms with Gasteiger partial charge in [0.15, 0.2) is 0 Å². The fourth-order valence-electron chi connectivity index (χ4n) is 2.24. The second-order valence-corrected chi connectivity index (χ2v) is 5.00. The molecule has 0 bridgehead atoms. The van der Waals surface area contributed by atoms with E-state index >= 15 is 0 Å². The van der Waals surface area contributed by atoms with E-state index in [4.69, 9.17) is 4.74 Å². The molecule has 1 aromatic carbocycles. The minimum Gasteiger partial charge on any atom is -0.496 e. The number of ether oxygens (including phenoxy) is 1. The van der Waals surface area contributed by atoms with Crippen molar-refractivity contribution in [3.05, 3.63) is 29.3 Å². The maximum atomic E-state index is 10.5. The summed E-state index contributed by atoms with van der Waals surface area (Å²) in [5, 5.41) is 13.8. The average molecular weight is 251 g/mol. The van der Waals surface area contributed by atoms with Gasteiger partial charge in [-0.2, -0.15) is 0 Å². The molecule has 0 spiro atoms. The van der Waals surface area contributed by atoms with Crippen LogP contribution in [0.15, 0.2) is 18.2 Å². The first kappa shape index (κ1) is 15.0. The van der Waals surface area contributed by atoms with Crippen LogP contribution in [-0.4, -0.2) is 24.8 Å². The molecule has 0 saturated heterocycles. The van der Waals surface area contributed by atoms with E-state index in [9.17, 15) is 5.11 Å². The third-order valence-electron chi connectivity index (χ3n) is 3.26. The number of likely N-dealkylation sites (N-methyl/N-ethyl adjacent to an activating group) is 1. The number of hydrogen-bond acceptors (Lipinski definition) is 3. The topological polar surface area (TPSA) is 41.5 Å². The first-order chi connectivity index (χ1) is 8.51. The van der Waals surface area contributed by atoms with E-state index in [0.717, 1.165) is 23.4 Å². The molecule has 102 valence electrons. The highest BCUT2D eigenvalue weighted by molar-refractivity contribution is 5.37. The lowest BCUT2D eigenvalue weighted by Crippen LogP contribution is -2.39. The average Bonchev–Trinajstić information content (AvgIpc) is 2.34. The lowest BCUT2D eigenvalue weighted by atomic mass is 9.92. The standard InChI is InChI=1S/C15H25NO2/c1-6-16-14(10(2)3)15(17)12-7-8-13(18-5)11(4)9-12/h7-10,14-17H,6H2,1-5H3. The Balaban J connectivity index is 2.94. The number of aliphatic hydroxyl groups is 1. The molecule has 1 aromatic rings. The molecule has 0 amide bonds. The van der Waals surface area contributed by atoms with Crippen LogP contribution in [0.3, 0.4) is 0 Å². The van der Waals surface area contributed by atoms with E-state index in [0.29, 0.717) is 5.92 Å². The largest absolute Gasteiger partial charge is 0.496 e. The van der Waals surface area contributed by atoms with Crippen LogP contribution in [0.4, 0.5) is 0 Å². The van der Waals surface area contributed by atoms with Crippen LogP contribution in [0.2, 0.25) is 0 Å². The van der Waals surface area contributed by atoms with Crippen LogP contribution >= 0.6 is 0 Å². The van der Waals surface area contributed by atoms with Crippen LogP contribution in [0, 0.1) is 12.8 Å². The zero-order valence-electron chi connectivity index (χ0n) is 12.0. The first-order valence-electron chi connectivity index (χ1n) is 6.57. The summed E-state index contributed by atoms with van der Waals surface area (Å²) in [6.07, 6.45) is -0.491. The summed E-state index contributed by atoms with van der Waals surface area (Å²) >= 11 is 0. The van der Waals surface area contributed by atoms with Gasteiger partial charge in [-0.25, -0.2) is 0 Å². The van der Waals surface area contributed by atoms with Crippen molar-refractivity contribution in [3.8, 4) is 5.75 Å². The number of benzene rings is 1. The highest BCUT2D eigenvalue weighted by atomic mass is 16.5. The van der Waals surface area contributed by atoms with Gasteiger partial charge in [-0.3, -0.25) is 0 Å². The maximum Gasteiger partial charge on any atom is 0.121 e. The Labute approximate surface area is 110 Å². The van der Waals surface area contributed by atoms with E-state index in [1.165, 1.54) is 0 Å². The SMILES string of the molecule is CCNC(C(C)C)C(O)c1ccc(OC)c(C)c1. The van der Waals surface area contributed by atoms with E-state index in [2.05, 4.69) is 26.1 Å².